The summed E-state index contributed by atoms with van der Waals surface area (Å²) in [6, 6.07) is -2.03. The first kappa shape index (κ1) is 16.2. The zero-order valence-electron chi connectivity index (χ0n) is 12.1. The van der Waals surface area contributed by atoms with Crippen molar-refractivity contribution in [2.75, 3.05) is 20.1 Å². The van der Waals surface area contributed by atoms with Crippen molar-refractivity contribution < 1.29 is 22.8 Å². The van der Waals surface area contributed by atoms with Crippen molar-refractivity contribution in [1.82, 2.24) is 25.0 Å². The number of hydrogen-bond donors (Lipinski definition) is 1. The van der Waals surface area contributed by atoms with Crippen molar-refractivity contribution in [1.29, 1.82) is 0 Å². The van der Waals surface area contributed by atoms with Gasteiger partial charge in [-0.25, -0.2) is 9.67 Å². The van der Waals surface area contributed by atoms with Gasteiger partial charge in [0.2, 0.25) is 11.8 Å². The molecule has 2 rings (SSSR count). The highest BCUT2D eigenvalue weighted by Gasteiger charge is 2.48. The van der Waals surface area contributed by atoms with E-state index in [1.165, 1.54) is 11.8 Å². The number of halogens is 3. The first-order valence-electron chi connectivity index (χ1n) is 6.61. The van der Waals surface area contributed by atoms with Crippen LogP contribution in [0.3, 0.4) is 0 Å². The highest BCUT2D eigenvalue weighted by atomic mass is 19.4. The summed E-state index contributed by atoms with van der Waals surface area (Å²) in [5.41, 5.74) is -1.33. The number of alkyl halides is 3. The molecule has 7 nitrogen and oxygen atoms in total. The van der Waals surface area contributed by atoms with Crippen LogP contribution >= 0.6 is 0 Å². The molecule has 0 spiro atoms. The maximum absolute atomic E-state index is 13.0. The summed E-state index contributed by atoms with van der Waals surface area (Å²) >= 11 is 0. The summed E-state index contributed by atoms with van der Waals surface area (Å²) in [4.78, 5) is 29.0. The number of aromatic nitrogens is 3. The fraction of sp³-hybridized carbons (Fsp3) is 0.667. The van der Waals surface area contributed by atoms with Crippen molar-refractivity contribution in [3.63, 3.8) is 0 Å². The number of amides is 2. The van der Waals surface area contributed by atoms with Crippen molar-refractivity contribution in [2.45, 2.75) is 25.6 Å². The van der Waals surface area contributed by atoms with Gasteiger partial charge in [-0.3, -0.25) is 9.59 Å². The van der Waals surface area contributed by atoms with Gasteiger partial charge in [0.15, 0.2) is 6.04 Å². The predicted octanol–water partition coefficient (Wildman–Crippen LogP) is 0.366. The zero-order chi connectivity index (χ0) is 16.5. The summed E-state index contributed by atoms with van der Waals surface area (Å²) in [7, 11) is 1.55. The number of rotatable bonds is 4. The molecule has 0 bridgehead atoms. The molecule has 2 heterocycles. The Hall–Kier alpha value is -2.13. The monoisotopic (exact) mass is 319 g/mol. The minimum absolute atomic E-state index is 0.272. The van der Waals surface area contributed by atoms with Crippen LogP contribution in [0.25, 0.3) is 0 Å². The molecule has 10 heteroatoms. The largest absolute Gasteiger partial charge is 0.412 e. The molecule has 0 radical (unpaired) electrons. The Labute approximate surface area is 124 Å². The summed E-state index contributed by atoms with van der Waals surface area (Å²) in [5.74, 6) is -1.11. The molecule has 0 aliphatic carbocycles. The minimum atomic E-state index is -4.60. The molecule has 0 aromatic carbocycles. The van der Waals surface area contributed by atoms with Crippen molar-refractivity contribution >= 4 is 11.8 Å². The van der Waals surface area contributed by atoms with E-state index in [0.29, 0.717) is 11.2 Å². The highest BCUT2D eigenvalue weighted by Crippen LogP contribution is 2.32. The van der Waals surface area contributed by atoms with E-state index in [0.717, 1.165) is 12.7 Å². The maximum atomic E-state index is 13.0. The molecule has 0 saturated carbocycles. The van der Waals surface area contributed by atoms with Gasteiger partial charge in [-0.2, -0.15) is 18.3 Å². The number of hydrogen-bond acceptors (Lipinski definition) is 4. The van der Waals surface area contributed by atoms with Gasteiger partial charge in [0.1, 0.15) is 18.1 Å². The third kappa shape index (κ3) is 2.90. The standard InChI is InChI=1S/C12H16F3N5O2/c1-11(3-4-19(2)10(11)22)9(21)17-5-8(12(13,14)15)20-7-16-6-18-20/h6-8H,3-5H2,1-2H3,(H,17,21). The van der Waals surface area contributed by atoms with E-state index in [1.54, 1.807) is 7.05 Å². The molecule has 2 unspecified atom stereocenters. The van der Waals surface area contributed by atoms with Gasteiger partial charge >= 0.3 is 6.18 Å². The van der Waals surface area contributed by atoms with Gasteiger partial charge in [0.25, 0.3) is 0 Å². The van der Waals surface area contributed by atoms with E-state index in [9.17, 15) is 22.8 Å². The summed E-state index contributed by atoms with van der Waals surface area (Å²) in [6.07, 6.45) is -2.41. The number of nitrogens with zero attached hydrogens (tertiary/aromatic N) is 4. The second kappa shape index (κ2) is 5.58. The highest BCUT2D eigenvalue weighted by molar-refractivity contribution is 6.05. The Morgan fingerprint density at radius 2 is 2.23 bits per heavy atom. The molecule has 1 aliphatic rings. The molecule has 1 aromatic heterocycles. The minimum Gasteiger partial charge on any atom is -0.353 e. The molecule has 22 heavy (non-hydrogen) atoms. The average molecular weight is 319 g/mol. The molecule has 2 amide bonds. The van der Waals surface area contributed by atoms with E-state index < -0.39 is 36.0 Å². The van der Waals surface area contributed by atoms with Crippen LogP contribution in [0.2, 0.25) is 0 Å². The van der Waals surface area contributed by atoms with Crippen LogP contribution in [0.4, 0.5) is 13.2 Å². The predicted molar refractivity (Wildman–Crippen MR) is 68.5 cm³/mol. The third-order valence-electron chi connectivity index (χ3n) is 3.86. The number of likely N-dealkylation sites (tertiary alicyclic amines) is 1. The Morgan fingerprint density at radius 3 is 2.68 bits per heavy atom. The van der Waals surface area contributed by atoms with Gasteiger partial charge in [-0.1, -0.05) is 0 Å². The first-order valence-corrected chi connectivity index (χ1v) is 6.61. The Balaban J connectivity index is 2.07. The molecule has 1 saturated heterocycles. The van der Waals surface area contributed by atoms with Crippen LogP contribution in [0.1, 0.15) is 19.4 Å². The number of carbonyl (C=O) groups excluding carboxylic acids is 2. The fourth-order valence-corrected chi connectivity index (χ4v) is 2.35. The van der Waals surface area contributed by atoms with Gasteiger partial charge in [0.05, 0.1) is 0 Å². The van der Waals surface area contributed by atoms with E-state index >= 15 is 0 Å². The molecule has 1 aromatic rings. The fourth-order valence-electron chi connectivity index (χ4n) is 2.35. The third-order valence-corrected chi connectivity index (χ3v) is 3.86. The quantitative estimate of drug-likeness (QED) is 0.813. The second-order valence-electron chi connectivity index (χ2n) is 5.45. The van der Waals surface area contributed by atoms with E-state index in [1.807, 2.05) is 0 Å². The Kier molecular flexibility index (Phi) is 4.12. The molecule has 122 valence electrons. The van der Waals surface area contributed by atoms with Crippen LogP contribution in [0.5, 0.6) is 0 Å². The first-order chi connectivity index (χ1) is 10.2. The topological polar surface area (TPSA) is 80.1 Å². The van der Waals surface area contributed by atoms with Crippen LogP contribution in [-0.2, 0) is 9.59 Å². The Bertz CT molecular complexity index is 560. The molecule has 2 atom stereocenters. The van der Waals surface area contributed by atoms with E-state index in [4.69, 9.17) is 0 Å². The maximum Gasteiger partial charge on any atom is 0.412 e. The lowest BCUT2D eigenvalue weighted by Gasteiger charge is -2.24. The summed E-state index contributed by atoms with van der Waals surface area (Å²) < 4.78 is 39.7. The van der Waals surface area contributed by atoms with Gasteiger partial charge in [-0.15, -0.1) is 0 Å². The van der Waals surface area contributed by atoms with Crippen molar-refractivity contribution in [2.24, 2.45) is 5.41 Å². The van der Waals surface area contributed by atoms with Gasteiger partial charge in [0, 0.05) is 20.1 Å². The van der Waals surface area contributed by atoms with Gasteiger partial charge in [-0.05, 0) is 13.3 Å². The summed E-state index contributed by atoms with van der Waals surface area (Å²) in [6.45, 7) is 1.12. The van der Waals surface area contributed by atoms with E-state index in [-0.39, 0.29) is 6.42 Å². The Morgan fingerprint density at radius 1 is 1.55 bits per heavy atom. The molecule has 1 aliphatic heterocycles. The average Bonchev–Trinajstić information content (AvgIpc) is 3.03. The van der Waals surface area contributed by atoms with Gasteiger partial charge < -0.3 is 10.2 Å². The van der Waals surface area contributed by atoms with E-state index in [2.05, 4.69) is 15.4 Å². The van der Waals surface area contributed by atoms with Crippen molar-refractivity contribution in [3.8, 4) is 0 Å². The normalized spacial score (nSPS) is 23.7. The lowest BCUT2D eigenvalue weighted by molar-refractivity contribution is -0.170. The van der Waals surface area contributed by atoms with Crippen LogP contribution in [0, 0.1) is 5.41 Å². The van der Waals surface area contributed by atoms with Crippen molar-refractivity contribution in [3.05, 3.63) is 12.7 Å². The zero-order valence-corrected chi connectivity index (χ0v) is 12.1. The summed E-state index contributed by atoms with van der Waals surface area (Å²) in [5, 5.41) is 5.68. The van der Waals surface area contributed by atoms with Crippen LogP contribution < -0.4 is 5.32 Å². The SMILES string of the molecule is CN1CCC(C)(C(=O)NCC(n2cncn2)C(F)(F)F)C1=O. The molecular weight excluding hydrogens is 303 g/mol. The second-order valence-corrected chi connectivity index (χ2v) is 5.45. The number of carbonyl (C=O) groups is 2. The lowest BCUT2D eigenvalue weighted by atomic mass is 9.88. The van der Waals surface area contributed by atoms with Crippen LogP contribution in [-0.4, -0.2) is 57.8 Å². The smallest absolute Gasteiger partial charge is 0.353 e. The lowest BCUT2D eigenvalue weighted by Crippen LogP contribution is -2.47. The van der Waals surface area contributed by atoms with Crippen LogP contribution in [0.15, 0.2) is 12.7 Å². The molecule has 1 fully saturated rings. The molecular formula is C12H16F3N5O2. The molecule has 1 N–H and O–H groups in total. The number of nitrogens with one attached hydrogen (secondary N) is 1.